The molecule has 12 heteroatoms. The van der Waals surface area contributed by atoms with Gasteiger partial charge in [0.25, 0.3) is 11.6 Å². The molecule has 11 nitrogen and oxygen atoms in total. The molecule has 33 heavy (non-hydrogen) atoms. The first-order valence-corrected chi connectivity index (χ1v) is 11.7. The minimum Gasteiger partial charge on any atom is -0.378 e. The van der Waals surface area contributed by atoms with Crippen LogP contribution >= 0.6 is 11.8 Å². The van der Waals surface area contributed by atoms with Crippen molar-refractivity contribution in [3.05, 3.63) is 45.6 Å². The number of fused-ring (bicyclic) bond motifs is 1. The van der Waals surface area contributed by atoms with Crippen molar-refractivity contribution in [1.29, 1.82) is 0 Å². The van der Waals surface area contributed by atoms with E-state index in [-0.39, 0.29) is 17.2 Å². The smallest absolute Gasteiger partial charge is 0.273 e. The van der Waals surface area contributed by atoms with Gasteiger partial charge < -0.3 is 15.0 Å². The van der Waals surface area contributed by atoms with Crippen LogP contribution < -0.4 is 10.2 Å². The Kier molecular flexibility index (Phi) is 7.04. The number of carbonyl (C=O) groups excluding carboxylic acids is 1. The minimum absolute atomic E-state index is 0.0750. The molecular weight excluding hydrogens is 446 g/mol. The van der Waals surface area contributed by atoms with Crippen molar-refractivity contribution in [3.8, 4) is 0 Å². The van der Waals surface area contributed by atoms with Gasteiger partial charge in [-0.3, -0.25) is 14.9 Å². The van der Waals surface area contributed by atoms with Crippen LogP contribution in [0.2, 0.25) is 0 Å². The van der Waals surface area contributed by atoms with E-state index in [1.54, 1.807) is 41.7 Å². The van der Waals surface area contributed by atoms with Crippen molar-refractivity contribution in [2.75, 3.05) is 43.5 Å². The average molecular weight is 472 g/mol. The van der Waals surface area contributed by atoms with Crippen LogP contribution in [0.1, 0.15) is 22.8 Å². The maximum Gasteiger partial charge on any atom is 0.273 e. The summed E-state index contributed by atoms with van der Waals surface area (Å²) in [5.74, 6) is 1.32. The Morgan fingerprint density at radius 2 is 2.09 bits per heavy atom. The first kappa shape index (κ1) is 22.9. The zero-order chi connectivity index (χ0) is 23.4. The second-order valence-electron chi connectivity index (χ2n) is 7.48. The fraction of sp³-hybridized carbons (Fsp3) is 0.429. The zero-order valence-electron chi connectivity index (χ0n) is 18.5. The van der Waals surface area contributed by atoms with E-state index in [1.165, 1.54) is 6.07 Å². The number of rotatable bonds is 8. The van der Waals surface area contributed by atoms with Gasteiger partial charge in [0.1, 0.15) is 5.82 Å². The molecular formula is C21H25N7O4S. The first-order chi connectivity index (χ1) is 16.0. The molecule has 1 fully saturated rings. The lowest BCUT2D eigenvalue weighted by molar-refractivity contribution is -0.385. The van der Waals surface area contributed by atoms with Gasteiger partial charge in [0, 0.05) is 36.8 Å². The van der Waals surface area contributed by atoms with Crippen molar-refractivity contribution in [3.63, 3.8) is 0 Å². The van der Waals surface area contributed by atoms with E-state index in [1.807, 2.05) is 0 Å². The van der Waals surface area contributed by atoms with Crippen molar-refractivity contribution in [2.24, 2.45) is 0 Å². The van der Waals surface area contributed by atoms with Gasteiger partial charge in [-0.1, -0.05) is 24.8 Å². The molecule has 0 unspecified atom stereocenters. The third-order valence-electron chi connectivity index (χ3n) is 5.32. The highest BCUT2D eigenvalue weighted by Crippen LogP contribution is 2.27. The van der Waals surface area contributed by atoms with Crippen LogP contribution in [0.25, 0.3) is 11.0 Å². The highest BCUT2D eigenvalue weighted by atomic mass is 32.2. The number of nitrogens with one attached hydrogen (secondary N) is 1. The normalized spacial score (nSPS) is 13.9. The van der Waals surface area contributed by atoms with Gasteiger partial charge in [-0.15, -0.1) is 0 Å². The van der Waals surface area contributed by atoms with Crippen molar-refractivity contribution >= 4 is 40.2 Å². The van der Waals surface area contributed by atoms with Crippen LogP contribution in [-0.4, -0.2) is 69.2 Å². The molecule has 0 saturated carbocycles. The summed E-state index contributed by atoms with van der Waals surface area (Å²) in [6.07, 6.45) is 1.76. The van der Waals surface area contributed by atoms with E-state index in [4.69, 9.17) is 9.72 Å². The molecule has 1 aliphatic rings. The van der Waals surface area contributed by atoms with E-state index in [2.05, 4.69) is 27.2 Å². The molecule has 1 N–H and O–H groups in total. The number of anilines is 1. The Balaban J connectivity index is 1.51. The molecule has 2 aromatic heterocycles. The lowest BCUT2D eigenvalue weighted by Crippen LogP contribution is -2.37. The predicted molar refractivity (Wildman–Crippen MR) is 125 cm³/mol. The number of nitro benzene ring substituents is 1. The molecule has 1 saturated heterocycles. The SMILES string of the molecule is CCSc1nc(N2CCOCC2)c2cnn(CCNC(=O)c3ccc(C)c([N+](=O)[O-])c3)c2n1. The Morgan fingerprint density at radius 1 is 1.30 bits per heavy atom. The van der Waals surface area contributed by atoms with Crippen LogP contribution in [0, 0.1) is 17.0 Å². The number of morpholine rings is 1. The summed E-state index contributed by atoms with van der Waals surface area (Å²) >= 11 is 1.57. The van der Waals surface area contributed by atoms with Crippen molar-refractivity contribution < 1.29 is 14.5 Å². The molecule has 4 rings (SSSR count). The fourth-order valence-corrected chi connectivity index (χ4v) is 4.18. The van der Waals surface area contributed by atoms with Crippen LogP contribution in [0.4, 0.5) is 11.5 Å². The Hall–Kier alpha value is -3.25. The van der Waals surface area contributed by atoms with E-state index < -0.39 is 4.92 Å². The molecule has 0 radical (unpaired) electrons. The number of aromatic nitrogens is 4. The maximum absolute atomic E-state index is 12.5. The lowest BCUT2D eigenvalue weighted by atomic mass is 10.1. The summed E-state index contributed by atoms with van der Waals surface area (Å²) in [6.45, 7) is 7.20. The number of ether oxygens (including phenoxy) is 1. The summed E-state index contributed by atoms with van der Waals surface area (Å²) in [5.41, 5.74) is 1.39. The maximum atomic E-state index is 12.5. The standard InChI is InChI=1S/C21H25N7O4S/c1-3-33-21-24-18(26-8-10-32-11-9-26)16-13-23-27(19(16)25-21)7-6-22-20(29)15-5-4-14(2)17(12-15)28(30)31/h4-5,12-13H,3,6-11H2,1-2H3,(H,22,29). The first-order valence-electron chi connectivity index (χ1n) is 10.7. The molecule has 1 amide bonds. The number of carbonyl (C=O) groups is 1. The Labute approximate surface area is 194 Å². The predicted octanol–water partition coefficient (Wildman–Crippen LogP) is 2.42. The van der Waals surface area contributed by atoms with Gasteiger partial charge in [0.2, 0.25) is 0 Å². The zero-order valence-corrected chi connectivity index (χ0v) is 19.3. The van der Waals surface area contributed by atoms with Crippen molar-refractivity contribution in [1.82, 2.24) is 25.1 Å². The molecule has 0 aliphatic carbocycles. The summed E-state index contributed by atoms with van der Waals surface area (Å²) in [6, 6.07) is 4.45. The van der Waals surface area contributed by atoms with Gasteiger partial charge in [-0.25, -0.2) is 14.6 Å². The highest BCUT2D eigenvalue weighted by Gasteiger charge is 2.20. The minimum atomic E-state index is -0.486. The van der Waals surface area contributed by atoms with Crippen LogP contribution in [-0.2, 0) is 11.3 Å². The lowest BCUT2D eigenvalue weighted by Gasteiger charge is -2.28. The molecule has 0 atom stereocenters. The van der Waals surface area contributed by atoms with Crippen LogP contribution in [0.15, 0.2) is 29.6 Å². The van der Waals surface area contributed by atoms with E-state index in [0.29, 0.717) is 42.7 Å². The number of nitro groups is 1. The molecule has 3 heterocycles. The second-order valence-corrected chi connectivity index (χ2v) is 8.71. The van der Waals surface area contributed by atoms with Gasteiger partial charge in [0.05, 0.1) is 36.3 Å². The second kappa shape index (κ2) is 10.1. The fourth-order valence-electron chi connectivity index (χ4n) is 3.62. The quantitative estimate of drug-likeness (QED) is 0.228. The number of nitrogens with zero attached hydrogens (tertiary/aromatic N) is 6. The molecule has 1 aromatic carbocycles. The Morgan fingerprint density at radius 3 is 2.82 bits per heavy atom. The van der Waals surface area contributed by atoms with Gasteiger partial charge in [-0.05, 0) is 18.7 Å². The molecule has 0 bridgehead atoms. The topological polar surface area (TPSA) is 128 Å². The summed E-state index contributed by atoms with van der Waals surface area (Å²) in [4.78, 5) is 34.8. The summed E-state index contributed by atoms with van der Waals surface area (Å²) < 4.78 is 7.22. The molecule has 3 aromatic rings. The largest absolute Gasteiger partial charge is 0.378 e. The number of thioether (sulfide) groups is 1. The molecule has 174 valence electrons. The van der Waals surface area contributed by atoms with Crippen LogP contribution in [0.5, 0.6) is 0 Å². The highest BCUT2D eigenvalue weighted by molar-refractivity contribution is 7.99. The van der Waals surface area contributed by atoms with E-state index in [0.717, 1.165) is 30.0 Å². The Bertz CT molecular complexity index is 1180. The number of benzene rings is 1. The third-order valence-corrected chi connectivity index (χ3v) is 6.05. The average Bonchev–Trinajstić information content (AvgIpc) is 3.22. The molecule has 0 spiro atoms. The number of hydrogen-bond acceptors (Lipinski definition) is 9. The summed E-state index contributed by atoms with van der Waals surface area (Å²) in [5, 5.41) is 20.0. The van der Waals surface area contributed by atoms with Gasteiger partial charge in [0.15, 0.2) is 10.8 Å². The van der Waals surface area contributed by atoms with Crippen LogP contribution in [0.3, 0.4) is 0 Å². The number of hydrogen-bond donors (Lipinski definition) is 1. The summed E-state index contributed by atoms with van der Waals surface area (Å²) in [7, 11) is 0. The monoisotopic (exact) mass is 471 g/mol. The third kappa shape index (κ3) is 5.06. The molecule has 1 aliphatic heterocycles. The number of amides is 1. The number of aryl methyl sites for hydroxylation is 1. The van der Waals surface area contributed by atoms with E-state index >= 15 is 0 Å². The van der Waals surface area contributed by atoms with Gasteiger partial charge >= 0.3 is 0 Å². The van der Waals surface area contributed by atoms with Gasteiger partial charge in [-0.2, -0.15) is 5.10 Å². The van der Waals surface area contributed by atoms with Crippen molar-refractivity contribution in [2.45, 2.75) is 25.5 Å². The van der Waals surface area contributed by atoms with E-state index in [9.17, 15) is 14.9 Å².